The summed E-state index contributed by atoms with van der Waals surface area (Å²) in [7, 11) is 0. The van der Waals surface area contributed by atoms with Gasteiger partial charge < -0.3 is 14.9 Å². The lowest BCUT2D eigenvalue weighted by Gasteiger charge is -2.41. The quantitative estimate of drug-likeness (QED) is 0.919. The summed E-state index contributed by atoms with van der Waals surface area (Å²) in [4.78, 5) is 21.7. The maximum atomic E-state index is 12.8. The summed E-state index contributed by atoms with van der Waals surface area (Å²) < 4.78 is 0. The second-order valence-corrected chi connectivity index (χ2v) is 8.20. The Bertz CT molecular complexity index is 554. The van der Waals surface area contributed by atoms with Gasteiger partial charge in [-0.3, -0.25) is 4.79 Å². The number of piperidine rings is 2. The van der Waals surface area contributed by atoms with Crippen molar-refractivity contribution in [2.75, 3.05) is 37.7 Å². The highest BCUT2D eigenvalue weighted by molar-refractivity contribution is 7.13. The Morgan fingerprint density at radius 3 is 2.78 bits per heavy atom. The zero-order valence-electron chi connectivity index (χ0n) is 14.1. The molecule has 1 unspecified atom stereocenters. The topological polar surface area (TPSA) is 56.7 Å². The summed E-state index contributed by atoms with van der Waals surface area (Å²) in [5.41, 5.74) is 0.951. The van der Waals surface area contributed by atoms with Gasteiger partial charge in [-0.25, -0.2) is 4.98 Å². The van der Waals surface area contributed by atoms with E-state index >= 15 is 0 Å². The second-order valence-electron chi connectivity index (χ2n) is 7.36. The number of anilines is 1. The van der Waals surface area contributed by atoms with Gasteiger partial charge in [0.05, 0.1) is 12.3 Å². The van der Waals surface area contributed by atoms with Crippen LogP contribution in [0, 0.1) is 18.3 Å². The van der Waals surface area contributed by atoms with E-state index in [-0.39, 0.29) is 17.9 Å². The number of aliphatic hydroxyl groups excluding tert-OH is 1. The number of amides is 1. The van der Waals surface area contributed by atoms with Crippen molar-refractivity contribution in [3.05, 3.63) is 11.1 Å². The standard InChI is InChI=1S/C17H27N3O2S/c1-13-10-23-16(18-13)19-8-4-14(5-9-19)15(22)20-7-3-6-17(2,11-20)12-21/h10,14,21H,3-9,11-12H2,1-2H3. The molecule has 5 nitrogen and oxygen atoms in total. The van der Waals surface area contributed by atoms with E-state index in [1.165, 1.54) is 0 Å². The maximum Gasteiger partial charge on any atom is 0.225 e. The first kappa shape index (κ1) is 16.7. The number of hydrogen-bond donors (Lipinski definition) is 1. The molecule has 6 heteroatoms. The predicted molar refractivity (Wildman–Crippen MR) is 92.8 cm³/mol. The number of nitrogens with zero attached hydrogens (tertiary/aromatic N) is 3. The number of thiazole rings is 1. The van der Waals surface area contributed by atoms with E-state index in [0.717, 1.165) is 56.1 Å². The van der Waals surface area contributed by atoms with E-state index in [0.29, 0.717) is 12.5 Å². The van der Waals surface area contributed by atoms with Crippen LogP contribution in [0.2, 0.25) is 0 Å². The van der Waals surface area contributed by atoms with Crippen LogP contribution in [0.25, 0.3) is 0 Å². The molecule has 3 rings (SSSR count). The molecule has 2 aliphatic rings. The van der Waals surface area contributed by atoms with Crippen molar-refractivity contribution >= 4 is 22.4 Å². The average Bonchev–Trinajstić information content (AvgIpc) is 3.01. The number of rotatable bonds is 3. The van der Waals surface area contributed by atoms with E-state index < -0.39 is 0 Å². The number of aryl methyl sites for hydroxylation is 1. The van der Waals surface area contributed by atoms with Crippen molar-refractivity contribution in [3.63, 3.8) is 0 Å². The second kappa shape index (κ2) is 6.77. The van der Waals surface area contributed by atoms with Crippen molar-refractivity contribution in [2.24, 2.45) is 11.3 Å². The minimum absolute atomic E-state index is 0.118. The summed E-state index contributed by atoms with van der Waals surface area (Å²) in [6.45, 7) is 7.64. The van der Waals surface area contributed by atoms with E-state index in [4.69, 9.17) is 0 Å². The SMILES string of the molecule is Cc1csc(N2CCC(C(=O)N3CCCC(C)(CO)C3)CC2)n1. The highest BCUT2D eigenvalue weighted by atomic mass is 32.1. The van der Waals surface area contributed by atoms with Gasteiger partial charge in [-0.05, 0) is 32.6 Å². The molecule has 128 valence electrons. The minimum Gasteiger partial charge on any atom is -0.396 e. The average molecular weight is 337 g/mol. The van der Waals surface area contributed by atoms with Gasteiger partial charge in [0, 0.05) is 42.9 Å². The lowest BCUT2D eigenvalue weighted by molar-refractivity contribution is -0.140. The molecular weight excluding hydrogens is 310 g/mol. The summed E-state index contributed by atoms with van der Waals surface area (Å²) in [6, 6.07) is 0. The number of aromatic nitrogens is 1. The van der Waals surface area contributed by atoms with Crippen LogP contribution in [0.15, 0.2) is 5.38 Å². The van der Waals surface area contributed by atoms with Crippen LogP contribution in [-0.2, 0) is 4.79 Å². The predicted octanol–water partition coefficient (Wildman–Crippen LogP) is 2.29. The summed E-state index contributed by atoms with van der Waals surface area (Å²) in [5.74, 6) is 0.424. The molecule has 1 aromatic heterocycles. The van der Waals surface area contributed by atoms with Crippen molar-refractivity contribution in [2.45, 2.75) is 39.5 Å². The Balaban J connectivity index is 1.56. The molecule has 2 aliphatic heterocycles. The fourth-order valence-corrected chi connectivity index (χ4v) is 4.55. The van der Waals surface area contributed by atoms with Gasteiger partial charge >= 0.3 is 0 Å². The summed E-state index contributed by atoms with van der Waals surface area (Å²) in [6.07, 6.45) is 3.82. The molecule has 0 radical (unpaired) electrons. The fourth-order valence-electron chi connectivity index (χ4n) is 3.70. The van der Waals surface area contributed by atoms with Crippen LogP contribution in [0.3, 0.4) is 0 Å². The molecule has 0 spiro atoms. The maximum absolute atomic E-state index is 12.8. The molecule has 23 heavy (non-hydrogen) atoms. The highest BCUT2D eigenvalue weighted by Crippen LogP contribution is 2.32. The van der Waals surface area contributed by atoms with E-state index in [2.05, 4.69) is 22.2 Å². The zero-order valence-corrected chi connectivity index (χ0v) is 14.9. The van der Waals surface area contributed by atoms with Crippen LogP contribution in [-0.4, -0.2) is 53.7 Å². The molecule has 1 amide bonds. The smallest absolute Gasteiger partial charge is 0.225 e. The molecule has 1 aromatic rings. The number of hydrogen-bond acceptors (Lipinski definition) is 5. The van der Waals surface area contributed by atoms with Gasteiger partial charge in [-0.15, -0.1) is 11.3 Å². The van der Waals surface area contributed by atoms with Gasteiger partial charge in [-0.1, -0.05) is 6.92 Å². The van der Waals surface area contributed by atoms with Crippen LogP contribution >= 0.6 is 11.3 Å². The number of aliphatic hydroxyl groups is 1. The molecule has 2 fully saturated rings. The summed E-state index contributed by atoms with van der Waals surface area (Å²) >= 11 is 1.69. The van der Waals surface area contributed by atoms with Gasteiger partial charge in [0.15, 0.2) is 5.13 Å². The lowest BCUT2D eigenvalue weighted by atomic mass is 9.82. The molecule has 0 saturated carbocycles. The Morgan fingerprint density at radius 1 is 1.43 bits per heavy atom. The van der Waals surface area contributed by atoms with Crippen LogP contribution < -0.4 is 4.90 Å². The first-order valence-corrected chi connectivity index (χ1v) is 9.45. The monoisotopic (exact) mass is 337 g/mol. The molecule has 0 aliphatic carbocycles. The summed E-state index contributed by atoms with van der Waals surface area (Å²) in [5, 5.41) is 12.7. The largest absolute Gasteiger partial charge is 0.396 e. The Hall–Kier alpha value is -1.14. The van der Waals surface area contributed by atoms with Gasteiger partial charge in [0.2, 0.25) is 5.91 Å². The van der Waals surface area contributed by atoms with Gasteiger partial charge in [0.25, 0.3) is 0 Å². The van der Waals surface area contributed by atoms with Crippen molar-refractivity contribution < 1.29 is 9.90 Å². The molecule has 1 N–H and O–H groups in total. The Labute approximate surface area is 142 Å². The van der Waals surface area contributed by atoms with Crippen molar-refractivity contribution in [1.82, 2.24) is 9.88 Å². The van der Waals surface area contributed by atoms with Gasteiger partial charge in [-0.2, -0.15) is 0 Å². The van der Waals surface area contributed by atoms with Crippen LogP contribution in [0.5, 0.6) is 0 Å². The van der Waals surface area contributed by atoms with Crippen molar-refractivity contribution in [1.29, 1.82) is 0 Å². The van der Waals surface area contributed by atoms with E-state index in [9.17, 15) is 9.90 Å². The normalized spacial score (nSPS) is 26.6. The van der Waals surface area contributed by atoms with Crippen LogP contribution in [0.1, 0.15) is 38.3 Å². The molecule has 2 saturated heterocycles. The number of carbonyl (C=O) groups excluding carboxylic acids is 1. The van der Waals surface area contributed by atoms with Crippen molar-refractivity contribution in [3.8, 4) is 0 Å². The molecular formula is C17H27N3O2S. The Morgan fingerprint density at radius 2 is 2.17 bits per heavy atom. The number of carbonyl (C=O) groups is 1. The van der Waals surface area contributed by atoms with Gasteiger partial charge in [0.1, 0.15) is 0 Å². The Kier molecular flexibility index (Phi) is 4.92. The molecule has 0 aromatic carbocycles. The highest BCUT2D eigenvalue weighted by Gasteiger charge is 2.36. The minimum atomic E-state index is -0.118. The fraction of sp³-hybridized carbons (Fsp3) is 0.765. The number of likely N-dealkylation sites (tertiary alicyclic amines) is 1. The first-order valence-electron chi connectivity index (χ1n) is 8.57. The zero-order chi connectivity index (χ0) is 16.4. The molecule has 3 heterocycles. The third-order valence-corrected chi connectivity index (χ3v) is 6.22. The van der Waals surface area contributed by atoms with Crippen LogP contribution in [0.4, 0.5) is 5.13 Å². The van der Waals surface area contributed by atoms with E-state index in [1.807, 2.05) is 11.8 Å². The lowest BCUT2D eigenvalue weighted by Crippen LogP contribution is -2.50. The third-order valence-electron chi connectivity index (χ3n) is 5.20. The molecule has 1 atom stereocenters. The first-order chi connectivity index (χ1) is 11.0. The van der Waals surface area contributed by atoms with E-state index in [1.54, 1.807) is 11.3 Å². The molecule has 0 bridgehead atoms. The third kappa shape index (κ3) is 3.69.